The molecule has 0 spiro atoms. The second kappa shape index (κ2) is 7.84. The summed E-state index contributed by atoms with van der Waals surface area (Å²) >= 11 is 6.23. The van der Waals surface area contributed by atoms with Gasteiger partial charge in [0.05, 0.1) is 16.8 Å². The molecule has 0 amide bonds. The predicted octanol–water partition coefficient (Wildman–Crippen LogP) is 1.43. The Morgan fingerprint density at radius 1 is 1.25 bits per heavy atom. The van der Waals surface area contributed by atoms with Gasteiger partial charge >= 0.3 is 0 Å². The molecule has 0 bridgehead atoms. The van der Waals surface area contributed by atoms with E-state index in [9.17, 15) is 5.11 Å². The minimum absolute atomic E-state index is 0.290. The Bertz CT molecular complexity index is 408. The number of β-amino-alcohol motifs (C(OH)–C–C–N with tert-alkyl or cyclic N) is 1. The van der Waals surface area contributed by atoms with Crippen LogP contribution in [0.3, 0.4) is 0 Å². The van der Waals surface area contributed by atoms with E-state index in [1.54, 1.807) is 0 Å². The van der Waals surface area contributed by atoms with Crippen molar-refractivity contribution < 1.29 is 5.11 Å². The van der Waals surface area contributed by atoms with Gasteiger partial charge in [-0.1, -0.05) is 30.7 Å². The van der Waals surface area contributed by atoms with E-state index in [1.807, 2.05) is 18.2 Å². The molecular formula is C15H24ClN3O. The van der Waals surface area contributed by atoms with Crippen molar-refractivity contribution in [1.29, 1.82) is 0 Å². The van der Waals surface area contributed by atoms with E-state index in [2.05, 4.69) is 28.1 Å². The summed E-state index contributed by atoms with van der Waals surface area (Å²) in [5, 5.41) is 13.9. The smallest absolute Gasteiger partial charge is 0.0791 e. The highest BCUT2D eigenvalue weighted by Crippen LogP contribution is 2.25. The van der Waals surface area contributed by atoms with Gasteiger partial charge in [0.2, 0.25) is 0 Å². The molecule has 2 rings (SSSR count). The molecule has 1 heterocycles. The average Bonchev–Trinajstić information content (AvgIpc) is 2.47. The van der Waals surface area contributed by atoms with Crippen LogP contribution < -0.4 is 10.2 Å². The number of anilines is 1. The number of likely N-dealkylation sites (N-methyl/N-ethyl adjacent to an activating group) is 1. The van der Waals surface area contributed by atoms with Crippen LogP contribution in [0.1, 0.15) is 6.92 Å². The monoisotopic (exact) mass is 297 g/mol. The molecule has 1 atom stereocenters. The van der Waals surface area contributed by atoms with Gasteiger partial charge in [-0.25, -0.2) is 0 Å². The lowest BCUT2D eigenvalue weighted by Gasteiger charge is -2.37. The van der Waals surface area contributed by atoms with E-state index >= 15 is 0 Å². The van der Waals surface area contributed by atoms with E-state index in [1.165, 1.54) is 0 Å². The fourth-order valence-corrected chi connectivity index (χ4v) is 2.81. The minimum atomic E-state index is -0.290. The summed E-state index contributed by atoms with van der Waals surface area (Å²) in [5.41, 5.74) is 1.11. The van der Waals surface area contributed by atoms with Crippen molar-refractivity contribution in [3.8, 4) is 0 Å². The van der Waals surface area contributed by atoms with E-state index in [0.717, 1.165) is 50.0 Å². The molecule has 1 aromatic rings. The van der Waals surface area contributed by atoms with Crippen LogP contribution in [-0.4, -0.2) is 61.9 Å². The average molecular weight is 298 g/mol. The highest BCUT2D eigenvalue weighted by atomic mass is 35.5. The van der Waals surface area contributed by atoms with Crippen LogP contribution in [0.5, 0.6) is 0 Å². The number of nitrogens with one attached hydrogen (secondary N) is 1. The number of halogens is 1. The first-order valence-corrected chi connectivity index (χ1v) is 7.69. The molecule has 0 aromatic heterocycles. The Morgan fingerprint density at radius 3 is 2.60 bits per heavy atom. The van der Waals surface area contributed by atoms with Crippen molar-refractivity contribution >= 4 is 17.3 Å². The molecule has 1 unspecified atom stereocenters. The van der Waals surface area contributed by atoms with Crippen LogP contribution in [0.25, 0.3) is 0 Å². The van der Waals surface area contributed by atoms with Crippen LogP contribution in [-0.2, 0) is 0 Å². The maximum atomic E-state index is 9.92. The zero-order valence-corrected chi connectivity index (χ0v) is 12.8. The molecule has 0 saturated carbocycles. The molecule has 4 nitrogen and oxygen atoms in total. The summed E-state index contributed by atoms with van der Waals surface area (Å²) < 4.78 is 0. The Labute approximate surface area is 126 Å². The van der Waals surface area contributed by atoms with E-state index < -0.39 is 0 Å². The zero-order chi connectivity index (χ0) is 14.4. The Kier molecular flexibility index (Phi) is 6.10. The highest BCUT2D eigenvalue weighted by Gasteiger charge is 2.20. The fourth-order valence-electron chi connectivity index (χ4n) is 2.55. The first-order valence-electron chi connectivity index (χ1n) is 7.31. The number of aliphatic hydroxyl groups excluding tert-OH is 1. The van der Waals surface area contributed by atoms with Crippen molar-refractivity contribution in [2.75, 3.05) is 50.7 Å². The number of aliphatic hydroxyl groups is 1. The number of hydrogen-bond donors (Lipinski definition) is 2. The number of para-hydroxylation sites is 1. The molecule has 1 aliphatic rings. The molecule has 1 fully saturated rings. The van der Waals surface area contributed by atoms with Crippen molar-refractivity contribution in [3.05, 3.63) is 29.3 Å². The quantitative estimate of drug-likeness (QED) is 0.833. The first kappa shape index (κ1) is 15.6. The SMILES string of the molecule is CCNCC(O)CN1CCN(c2ccccc2Cl)CC1. The maximum Gasteiger partial charge on any atom is 0.0791 e. The molecule has 5 heteroatoms. The van der Waals surface area contributed by atoms with Gasteiger partial charge in [-0.2, -0.15) is 0 Å². The Balaban J connectivity index is 1.79. The highest BCUT2D eigenvalue weighted by molar-refractivity contribution is 6.33. The summed E-state index contributed by atoms with van der Waals surface area (Å²) in [6.07, 6.45) is -0.290. The predicted molar refractivity (Wildman–Crippen MR) is 84.7 cm³/mol. The van der Waals surface area contributed by atoms with Crippen LogP contribution in [0.2, 0.25) is 5.02 Å². The lowest BCUT2D eigenvalue weighted by molar-refractivity contribution is 0.108. The summed E-state index contributed by atoms with van der Waals surface area (Å²) in [7, 11) is 0. The number of hydrogen-bond acceptors (Lipinski definition) is 4. The lowest BCUT2D eigenvalue weighted by atomic mass is 10.2. The van der Waals surface area contributed by atoms with Gasteiger partial charge in [0.1, 0.15) is 0 Å². The van der Waals surface area contributed by atoms with Gasteiger partial charge < -0.3 is 15.3 Å². The fraction of sp³-hybridized carbons (Fsp3) is 0.600. The van der Waals surface area contributed by atoms with E-state index in [4.69, 9.17) is 11.6 Å². The van der Waals surface area contributed by atoms with Crippen LogP contribution in [0, 0.1) is 0 Å². The molecular weight excluding hydrogens is 274 g/mol. The molecule has 112 valence electrons. The van der Waals surface area contributed by atoms with Gasteiger partial charge in [0.25, 0.3) is 0 Å². The topological polar surface area (TPSA) is 38.7 Å². The second-order valence-electron chi connectivity index (χ2n) is 5.20. The van der Waals surface area contributed by atoms with Gasteiger partial charge in [-0.05, 0) is 18.7 Å². The Morgan fingerprint density at radius 2 is 1.95 bits per heavy atom. The van der Waals surface area contributed by atoms with Crippen LogP contribution >= 0.6 is 11.6 Å². The molecule has 1 saturated heterocycles. The third-order valence-electron chi connectivity index (χ3n) is 3.66. The molecule has 2 N–H and O–H groups in total. The summed E-state index contributed by atoms with van der Waals surface area (Å²) in [6, 6.07) is 7.98. The van der Waals surface area contributed by atoms with Crippen molar-refractivity contribution in [2.45, 2.75) is 13.0 Å². The molecule has 1 aliphatic heterocycles. The maximum absolute atomic E-state index is 9.92. The molecule has 0 radical (unpaired) electrons. The van der Waals surface area contributed by atoms with E-state index in [-0.39, 0.29) is 6.10 Å². The van der Waals surface area contributed by atoms with Crippen molar-refractivity contribution in [2.24, 2.45) is 0 Å². The largest absolute Gasteiger partial charge is 0.390 e. The molecule has 20 heavy (non-hydrogen) atoms. The summed E-state index contributed by atoms with van der Waals surface area (Å²) in [6.45, 7) is 8.20. The Hall–Kier alpha value is -0.810. The first-order chi connectivity index (χ1) is 9.70. The minimum Gasteiger partial charge on any atom is -0.390 e. The third kappa shape index (κ3) is 4.35. The summed E-state index contributed by atoms with van der Waals surface area (Å²) in [5.74, 6) is 0. The number of rotatable bonds is 6. The van der Waals surface area contributed by atoms with Gasteiger partial charge in [0, 0.05) is 39.3 Å². The van der Waals surface area contributed by atoms with Crippen LogP contribution in [0.15, 0.2) is 24.3 Å². The normalized spacial score (nSPS) is 18.2. The van der Waals surface area contributed by atoms with Crippen LogP contribution in [0.4, 0.5) is 5.69 Å². The van der Waals surface area contributed by atoms with E-state index in [0.29, 0.717) is 6.54 Å². The zero-order valence-electron chi connectivity index (χ0n) is 12.1. The van der Waals surface area contributed by atoms with Gasteiger partial charge in [-0.15, -0.1) is 0 Å². The second-order valence-corrected chi connectivity index (χ2v) is 5.61. The summed E-state index contributed by atoms with van der Waals surface area (Å²) in [4.78, 5) is 4.63. The van der Waals surface area contributed by atoms with Crippen molar-refractivity contribution in [3.63, 3.8) is 0 Å². The molecule has 1 aromatic carbocycles. The standard InChI is InChI=1S/C15H24ClN3O/c1-2-17-11-13(20)12-18-7-9-19(10-8-18)15-6-4-3-5-14(15)16/h3-6,13,17,20H,2,7-12H2,1H3. The number of benzene rings is 1. The number of nitrogens with zero attached hydrogens (tertiary/aromatic N) is 2. The van der Waals surface area contributed by atoms with Gasteiger partial charge in [-0.3, -0.25) is 4.90 Å². The lowest BCUT2D eigenvalue weighted by Crippen LogP contribution is -2.49. The van der Waals surface area contributed by atoms with Crippen molar-refractivity contribution in [1.82, 2.24) is 10.2 Å². The number of piperazine rings is 1. The van der Waals surface area contributed by atoms with Gasteiger partial charge in [0.15, 0.2) is 0 Å². The third-order valence-corrected chi connectivity index (χ3v) is 3.98. The molecule has 0 aliphatic carbocycles.